The predicted molar refractivity (Wildman–Crippen MR) is 50.1 cm³/mol. The number of aliphatic hydroxyl groups is 1. The molecular weight excluding hydrogens is 158 g/mol. The molecule has 0 bridgehead atoms. The number of rotatable bonds is 4. The van der Waals surface area contributed by atoms with Crippen LogP contribution in [0.4, 0.5) is 0 Å². The van der Waals surface area contributed by atoms with Crippen molar-refractivity contribution < 1.29 is 5.11 Å². The lowest BCUT2D eigenvalue weighted by atomic mass is 10.1. The van der Waals surface area contributed by atoms with Crippen LogP contribution in [0.5, 0.6) is 0 Å². The van der Waals surface area contributed by atoms with Crippen LogP contribution in [0, 0.1) is 0 Å². The highest BCUT2D eigenvalue weighted by Gasteiger charge is 2.11. The van der Waals surface area contributed by atoms with Crippen LogP contribution in [-0.4, -0.2) is 35.8 Å². The minimum Gasteiger partial charge on any atom is -0.396 e. The zero-order chi connectivity index (χ0) is 7.94. The molecule has 0 unspecified atom stereocenters. The first-order valence-electron chi connectivity index (χ1n) is 4.35. The smallest absolute Gasteiger partial charge is 0.0443 e. The number of nitrogens with one attached hydrogen (secondary N) is 1. The molecule has 1 saturated heterocycles. The number of hydrogen-bond donors (Lipinski definition) is 2. The highest BCUT2D eigenvalue weighted by molar-refractivity contribution is 7.99. The molecule has 0 atom stereocenters. The number of hydrogen-bond acceptors (Lipinski definition) is 3. The van der Waals surface area contributed by atoms with Crippen LogP contribution in [0.3, 0.4) is 0 Å². The fraction of sp³-hybridized carbons (Fsp3) is 1.00. The molecule has 0 saturated carbocycles. The Hall–Kier alpha value is 0.270. The van der Waals surface area contributed by atoms with Gasteiger partial charge in [-0.1, -0.05) is 0 Å². The third-order valence-corrected chi connectivity index (χ3v) is 3.04. The van der Waals surface area contributed by atoms with Crippen molar-refractivity contribution in [3.05, 3.63) is 0 Å². The highest BCUT2D eigenvalue weighted by Crippen LogP contribution is 2.16. The highest BCUT2D eigenvalue weighted by atomic mass is 32.2. The summed E-state index contributed by atoms with van der Waals surface area (Å²) in [7, 11) is 0. The molecule has 11 heavy (non-hydrogen) atoms. The molecule has 1 rings (SSSR count). The summed E-state index contributed by atoms with van der Waals surface area (Å²) in [6, 6.07) is 0.725. The Morgan fingerprint density at radius 3 is 2.73 bits per heavy atom. The third-order valence-electron chi connectivity index (χ3n) is 1.99. The molecule has 1 aliphatic heterocycles. The van der Waals surface area contributed by atoms with Gasteiger partial charge in [0.1, 0.15) is 0 Å². The van der Waals surface area contributed by atoms with E-state index in [0.717, 1.165) is 19.0 Å². The molecule has 3 heteroatoms. The van der Waals surface area contributed by atoms with Gasteiger partial charge in [0, 0.05) is 12.6 Å². The van der Waals surface area contributed by atoms with Crippen molar-refractivity contribution in [1.82, 2.24) is 5.32 Å². The molecule has 1 aliphatic rings. The Kier molecular flexibility index (Phi) is 4.99. The van der Waals surface area contributed by atoms with E-state index in [1.54, 1.807) is 0 Å². The van der Waals surface area contributed by atoms with Crippen LogP contribution in [0.25, 0.3) is 0 Å². The quantitative estimate of drug-likeness (QED) is 0.621. The summed E-state index contributed by atoms with van der Waals surface area (Å²) in [4.78, 5) is 0. The van der Waals surface area contributed by atoms with Crippen molar-refractivity contribution >= 4 is 11.8 Å². The van der Waals surface area contributed by atoms with Gasteiger partial charge in [0.25, 0.3) is 0 Å². The summed E-state index contributed by atoms with van der Waals surface area (Å²) in [5.41, 5.74) is 0. The molecule has 0 aromatic carbocycles. The van der Waals surface area contributed by atoms with E-state index in [-0.39, 0.29) is 0 Å². The normalized spacial score (nSPS) is 20.5. The maximum atomic E-state index is 8.55. The van der Waals surface area contributed by atoms with Gasteiger partial charge < -0.3 is 10.4 Å². The summed E-state index contributed by atoms with van der Waals surface area (Å²) in [6.07, 6.45) is 3.50. The zero-order valence-corrected chi connectivity index (χ0v) is 7.70. The lowest BCUT2D eigenvalue weighted by Crippen LogP contribution is -2.33. The van der Waals surface area contributed by atoms with Gasteiger partial charge in [0.15, 0.2) is 0 Å². The Balaban J connectivity index is 1.96. The van der Waals surface area contributed by atoms with Gasteiger partial charge in [-0.05, 0) is 37.3 Å². The first kappa shape index (κ1) is 9.36. The first-order valence-corrected chi connectivity index (χ1v) is 5.51. The standard InChI is InChI=1S/C8H17NOS/c10-5-1-4-9-8-2-6-11-7-3-8/h8-10H,1-7H2. The average Bonchev–Trinajstić information content (AvgIpc) is 2.07. The molecule has 0 amide bonds. The SMILES string of the molecule is OCCCNC1CCSCC1. The molecule has 2 nitrogen and oxygen atoms in total. The summed E-state index contributed by atoms with van der Waals surface area (Å²) < 4.78 is 0. The number of aliphatic hydroxyl groups excluding tert-OH is 1. The molecule has 1 heterocycles. The van der Waals surface area contributed by atoms with Gasteiger partial charge in [0.2, 0.25) is 0 Å². The Morgan fingerprint density at radius 2 is 2.09 bits per heavy atom. The van der Waals surface area contributed by atoms with Gasteiger partial charge in [-0.2, -0.15) is 11.8 Å². The molecule has 66 valence electrons. The Morgan fingerprint density at radius 1 is 1.36 bits per heavy atom. The Labute approximate surface area is 72.8 Å². The van der Waals surface area contributed by atoms with E-state index >= 15 is 0 Å². The lowest BCUT2D eigenvalue weighted by molar-refractivity contribution is 0.282. The van der Waals surface area contributed by atoms with E-state index in [4.69, 9.17) is 5.11 Å². The van der Waals surface area contributed by atoms with Crippen molar-refractivity contribution in [3.8, 4) is 0 Å². The molecule has 0 aromatic rings. The predicted octanol–water partition coefficient (Wildman–Crippen LogP) is 0.854. The fourth-order valence-electron chi connectivity index (χ4n) is 1.29. The van der Waals surface area contributed by atoms with E-state index in [1.165, 1.54) is 24.3 Å². The van der Waals surface area contributed by atoms with Crippen molar-refractivity contribution in [3.63, 3.8) is 0 Å². The van der Waals surface area contributed by atoms with Crippen LogP contribution in [0.15, 0.2) is 0 Å². The van der Waals surface area contributed by atoms with Gasteiger partial charge in [-0.15, -0.1) is 0 Å². The summed E-state index contributed by atoms with van der Waals surface area (Å²) in [6.45, 7) is 1.29. The van der Waals surface area contributed by atoms with E-state index < -0.39 is 0 Å². The summed E-state index contributed by atoms with van der Waals surface area (Å²) >= 11 is 2.05. The van der Waals surface area contributed by atoms with Crippen LogP contribution in [0.2, 0.25) is 0 Å². The summed E-state index contributed by atoms with van der Waals surface area (Å²) in [5.74, 6) is 2.60. The Bertz CT molecular complexity index is 94.1. The second kappa shape index (κ2) is 5.86. The minimum absolute atomic E-state index is 0.314. The topological polar surface area (TPSA) is 32.3 Å². The van der Waals surface area contributed by atoms with Crippen LogP contribution < -0.4 is 5.32 Å². The molecular formula is C8H17NOS. The van der Waals surface area contributed by atoms with Gasteiger partial charge in [-0.25, -0.2) is 0 Å². The zero-order valence-electron chi connectivity index (χ0n) is 6.88. The van der Waals surface area contributed by atoms with Crippen molar-refractivity contribution in [2.45, 2.75) is 25.3 Å². The molecule has 0 aromatic heterocycles. The first-order chi connectivity index (χ1) is 5.43. The average molecular weight is 175 g/mol. The third kappa shape index (κ3) is 3.99. The van der Waals surface area contributed by atoms with Crippen LogP contribution >= 0.6 is 11.8 Å². The molecule has 0 radical (unpaired) electrons. The second-order valence-electron chi connectivity index (χ2n) is 2.92. The fourth-order valence-corrected chi connectivity index (χ4v) is 2.39. The maximum Gasteiger partial charge on any atom is 0.0443 e. The van der Waals surface area contributed by atoms with Gasteiger partial charge in [0.05, 0.1) is 0 Å². The summed E-state index contributed by atoms with van der Waals surface area (Å²) in [5, 5.41) is 12.0. The monoisotopic (exact) mass is 175 g/mol. The van der Waals surface area contributed by atoms with Crippen molar-refractivity contribution in [2.75, 3.05) is 24.7 Å². The van der Waals surface area contributed by atoms with Gasteiger partial charge >= 0.3 is 0 Å². The van der Waals surface area contributed by atoms with E-state index in [0.29, 0.717) is 6.61 Å². The maximum absolute atomic E-state index is 8.55. The molecule has 1 fully saturated rings. The molecule has 0 aliphatic carbocycles. The van der Waals surface area contributed by atoms with Crippen molar-refractivity contribution in [2.24, 2.45) is 0 Å². The van der Waals surface area contributed by atoms with Crippen LogP contribution in [-0.2, 0) is 0 Å². The minimum atomic E-state index is 0.314. The molecule has 0 spiro atoms. The largest absolute Gasteiger partial charge is 0.396 e. The van der Waals surface area contributed by atoms with E-state index in [2.05, 4.69) is 5.32 Å². The number of thioether (sulfide) groups is 1. The van der Waals surface area contributed by atoms with E-state index in [9.17, 15) is 0 Å². The van der Waals surface area contributed by atoms with Gasteiger partial charge in [-0.3, -0.25) is 0 Å². The van der Waals surface area contributed by atoms with Crippen molar-refractivity contribution in [1.29, 1.82) is 0 Å². The van der Waals surface area contributed by atoms with E-state index in [1.807, 2.05) is 11.8 Å². The van der Waals surface area contributed by atoms with Crippen LogP contribution in [0.1, 0.15) is 19.3 Å². The lowest BCUT2D eigenvalue weighted by Gasteiger charge is -2.22. The second-order valence-corrected chi connectivity index (χ2v) is 4.14. The molecule has 2 N–H and O–H groups in total.